The van der Waals surface area contributed by atoms with E-state index in [9.17, 15) is 0 Å². The molecular weight excluding hydrogens is 282 g/mol. The number of hydrogen-bond acceptors (Lipinski definition) is 2. The second-order valence-electron chi connectivity index (χ2n) is 7.35. The first-order chi connectivity index (χ1) is 10.8. The van der Waals surface area contributed by atoms with Crippen molar-refractivity contribution in [3.05, 3.63) is 59.2 Å². The van der Waals surface area contributed by atoms with Gasteiger partial charge in [0.1, 0.15) is 11.9 Å². The molecule has 0 radical (unpaired) electrons. The van der Waals surface area contributed by atoms with Gasteiger partial charge in [-0.05, 0) is 55.0 Å². The molecule has 1 unspecified atom stereocenters. The van der Waals surface area contributed by atoms with Crippen LogP contribution in [0.5, 0.6) is 5.75 Å². The fourth-order valence-electron chi connectivity index (χ4n) is 2.65. The third-order valence-electron chi connectivity index (χ3n) is 4.11. The molecule has 0 bridgehead atoms. The Kier molecular flexibility index (Phi) is 5.35. The van der Waals surface area contributed by atoms with Crippen LogP contribution in [0, 0.1) is 13.8 Å². The highest BCUT2D eigenvalue weighted by Gasteiger charge is 2.13. The number of aryl methyl sites for hydroxylation is 2. The van der Waals surface area contributed by atoms with Crippen molar-refractivity contribution in [1.29, 1.82) is 0 Å². The minimum Gasteiger partial charge on any atom is -0.489 e. The first kappa shape index (κ1) is 17.4. The Labute approximate surface area is 140 Å². The van der Waals surface area contributed by atoms with Crippen LogP contribution in [0.3, 0.4) is 0 Å². The Balaban J connectivity index is 1.93. The molecule has 124 valence electrons. The van der Waals surface area contributed by atoms with Gasteiger partial charge in [0.15, 0.2) is 0 Å². The van der Waals surface area contributed by atoms with Crippen LogP contribution < -0.4 is 10.1 Å². The standard InChI is InChI=1S/C21H29NO/c1-15-8-7-9-16(2)20(15)22-14-17(3)23-19-12-10-18(11-13-19)21(4,5)6/h7-13,17,22H,14H2,1-6H3. The smallest absolute Gasteiger partial charge is 0.119 e. The van der Waals surface area contributed by atoms with Crippen molar-refractivity contribution in [1.82, 2.24) is 0 Å². The second-order valence-corrected chi connectivity index (χ2v) is 7.35. The van der Waals surface area contributed by atoms with Gasteiger partial charge in [0, 0.05) is 5.69 Å². The first-order valence-electron chi connectivity index (χ1n) is 8.34. The van der Waals surface area contributed by atoms with Crippen LogP contribution in [0.1, 0.15) is 44.4 Å². The predicted octanol–water partition coefficient (Wildman–Crippen LogP) is 5.48. The van der Waals surface area contributed by atoms with Crippen LogP contribution in [-0.2, 0) is 5.41 Å². The van der Waals surface area contributed by atoms with Gasteiger partial charge in [0.2, 0.25) is 0 Å². The van der Waals surface area contributed by atoms with Crippen molar-refractivity contribution in [2.24, 2.45) is 0 Å². The average molecular weight is 311 g/mol. The lowest BCUT2D eigenvalue weighted by atomic mass is 9.87. The molecule has 2 aromatic carbocycles. The monoisotopic (exact) mass is 311 g/mol. The summed E-state index contributed by atoms with van der Waals surface area (Å²) >= 11 is 0. The molecule has 0 spiro atoms. The predicted molar refractivity (Wildman–Crippen MR) is 99.6 cm³/mol. The van der Waals surface area contributed by atoms with E-state index in [2.05, 4.69) is 89.3 Å². The highest BCUT2D eigenvalue weighted by Crippen LogP contribution is 2.25. The minimum atomic E-state index is 0.106. The number of rotatable bonds is 5. The van der Waals surface area contributed by atoms with Crippen molar-refractivity contribution in [3.63, 3.8) is 0 Å². The largest absolute Gasteiger partial charge is 0.489 e. The molecule has 0 aliphatic carbocycles. The van der Waals surface area contributed by atoms with E-state index in [0.717, 1.165) is 12.3 Å². The SMILES string of the molecule is Cc1cccc(C)c1NCC(C)Oc1ccc(C(C)(C)C)cc1. The van der Waals surface area contributed by atoms with Gasteiger partial charge < -0.3 is 10.1 Å². The van der Waals surface area contributed by atoms with Crippen LogP contribution in [0.15, 0.2) is 42.5 Å². The maximum Gasteiger partial charge on any atom is 0.119 e. The van der Waals surface area contributed by atoms with Crippen LogP contribution in [0.2, 0.25) is 0 Å². The van der Waals surface area contributed by atoms with Crippen molar-refractivity contribution >= 4 is 5.69 Å². The maximum atomic E-state index is 6.02. The van der Waals surface area contributed by atoms with Gasteiger partial charge in [-0.3, -0.25) is 0 Å². The quantitative estimate of drug-likeness (QED) is 0.789. The number of para-hydroxylation sites is 1. The van der Waals surface area contributed by atoms with Gasteiger partial charge in [-0.25, -0.2) is 0 Å². The Morgan fingerprint density at radius 1 is 0.957 bits per heavy atom. The van der Waals surface area contributed by atoms with Crippen LogP contribution >= 0.6 is 0 Å². The highest BCUT2D eigenvalue weighted by molar-refractivity contribution is 5.56. The van der Waals surface area contributed by atoms with Gasteiger partial charge in [0.25, 0.3) is 0 Å². The number of anilines is 1. The summed E-state index contributed by atoms with van der Waals surface area (Å²) in [5, 5.41) is 3.51. The lowest BCUT2D eigenvalue weighted by molar-refractivity contribution is 0.234. The summed E-state index contributed by atoms with van der Waals surface area (Å²) < 4.78 is 6.02. The summed E-state index contributed by atoms with van der Waals surface area (Å²) in [5.74, 6) is 0.925. The molecule has 1 N–H and O–H groups in total. The topological polar surface area (TPSA) is 21.3 Å². The number of benzene rings is 2. The van der Waals surface area contributed by atoms with E-state index >= 15 is 0 Å². The normalized spacial score (nSPS) is 12.8. The van der Waals surface area contributed by atoms with Crippen molar-refractivity contribution in [2.45, 2.75) is 53.1 Å². The molecule has 0 amide bonds. The zero-order valence-corrected chi connectivity index (χ0v) is 15.2. The van der Waals surface area contributed by atoms with E-state index in [4.69, 9.17) is 4.74 Å². The minimum absolute atomic E-state index is 0.106. The summed E-state index contributed by atoms with van der Waals surface area (Å²) in [7, 11) is 0. The Hall–Kier alpha value is -1.96. The lowest BCUT2D eigenvalue weighted by Gasteiger charge is -2.21. The van der Waals surface area contributed by atoms with Gasteiger partial charge in [-0.15, -0.1) is 0 Å². The van der Waals surface area contributed by atoms with E-state index in [1.807, 2.05) is 0 Å². The molecule has 23 heavy (non-hydrogen) atoms. The molecule has 0 aliphatic heterocycles. The number of hydrogen-bond donors (Lipinski definition) is 1. The molecule has 0 saturated carbocycles. The van der Waals surface area contributed by atoms with Crippen molar-refractivity contribution < 1.29 is 4.74 Å². The average Bonchev–Trinajstić information content (AvgIpc) is 2.46. The van der Waals surface area contributed by atoms with Gasteiger partial charge >= 0.3 is 0 Å². The lowest BCUT2D eigenvalue weighted by Crippen LogP contribution is -2.23. The first-order valence-corrected chi connectivity index (χ1v) is 8.34. The Morgan fingerprint density at radius 2 is 1.52 bits per heavy atom. The Bertz CT molecular complexity index is 618. The fourth-order valence-corrected chi connectivity index (χ4v) is 2.65. The van der Waals surface area contributed by atoms with Crippen molar-refractivity contribution in [3.8, 4) is 5.75 Å². The molecule has 0 fully saturated rings. The van der Waals surface area contributed by atoms with Crippen LogP contribution in [-0.4, -0.2) is 12.6 Å². The van der Waals surface area contributed by atoms with Gasteiger partial charge in [0.05, 0.1) is 6.54 Å². The van der Waals surface area contributed by atoms with E-state index in [-0.39, 0.29) is 11.5 Å². The zero-order chi connectivity index (χ0) is 17.0. The fraction of sp³-hybridized carbons (Fsp3) is 0.429. The molecule has 2 heteroatoms. The molecule has 0 heterocycles. The molecule has 1 atom stereocenters. The van der Waals surface area contributed by atoms with Gasteiger partial charge in [-0.2, -0.15) is 0 Å². The number of ether oxygens (including phenoxy) is 1. The van der Waals surface area contributed by atoms with Crippen molar-refractivity contribution in [2.75, 3.05) is 11.9 Å². The van der Waals surface area contributed by atoms with E-state index in [1.54, 1.807) is 0 Å². The van der Waals surface area contributed by atoms with Crippen LogP contribution in [0.4, 0.5) is 5.69 Å². The van der Waals surface area contributed by atoms with Gasteiger partial charge in [-0.1, -0.05) is 51.1 Å². The van der Waals surface area contributed by atoms with E-state index in [1.165, 1.54) is 22.4 Å². The second kappa shape index (κ2) is 7.08. The van der Waals surface area contributed by atoms with E-state index < -0.39 is 0 Å². The number of nitrogens with one attached hydrogen (secondary N) is 1. The molecule has 0 aromatic heterocycles. The highest BCUT2D eigenvalue weighted by atomic mass is 16.5. The summed E-state index contributed by atoms with van der Waals surface area (Å²) in [4.78, 5) is 0. The molecular formula is C21H29NO. The zero-order valence-electron chi connectivity index (χ0n) is 15.2. The molecule has 0 saturated heterocycles. The maximum absolute atomic E-state index is 6.02. The molecule has 2 rings (SSSR count). The molecule has 2 aromatic rings. The summed E-state index contributed by atoms with van der Waals surface area (Å²) in [5.41, 5.74) is 5.25. The summed E-state index contributed by atoms with van der Waals surface area (Å²) in [6.45, 7) is 13.8. The third kappa shape index (κ3) is 4.75. The Morgan fingerprint density at radius 3 is 2.04 bits per heavy atom. The summed E-state index contributed by atoms with van der Waals surface area (Å²) in [6.07, 6.45) is 0.106. The third-order valence-corrected chi connectivity index (χ3v) is 4.11. The van der Waals surface area contributed by atoms with E-state index in [0.29, 0.717) is 0 Å². The molecule has 2 nitrogen and oxygen atoms in total. The van der Waals surface area contributed by atoms with Crippen LogP contribution in [0.25, 0.3) is 0 Å². The molecule has 0 aliphatic rings. The summed E-state index contributed by atoms with van der Waals surface area (Å²) in [6, 6.07) is 14.8.